The zero-order chi connectivity index (χ0) is 42.3. The number of carbonyl (C=O) groups excluding carboxylic acids is 2. The van der Waals surface area contributed by atoms with E-state index in [-0.39, 0.29) is 86.1 Å². The molecule has 4 unspecified atom stereocenters. The number of aliphatic carboxylic acids is 2. The van der Waals surface area contributed by atoms with E-state index in [0.717, 1.165) is 128 Å². The zero-order valence-electron chi connectivity index (χ0n) is 37.3. The molecule has 0 heterocycles. The van der Waals surface area contributed by atoms with Crippen molar-refractivity contribution < 1.29 is 39.5 Å². The van der Waals surface area contributed by atoms with Gasteiger partial charge in [-0.05, 0) is 88.2 Å². The van der Waals surface area contributed by atoms with Gasteiger partial charge in [0.1, 0.15) is 0 Å². The quantitative estimate of drug-likeness (QED) is 0.0501. The number of ether oxygens (including phenoxy) is 2. The van der Waals surface area contributed by atoms with Crippen LogP contribution in [0.2, 0.25) is 0 Å². The molecule has 2 aromatic rings. The van der Waals surface area contributed by atoms with Crippen LogP contribution in [0.3, 0.4) is 0 Å². The van der Waals surface area contributed by atoms with Gasteiger partial charge in [0.05, 0.1) is 37.6 Å². The Morgan fingerprint density at radius 3 is 1.05 bits per heavy atom. The first-order chi connectivity index (χ1) is 28.2. The zero-order valence-corrected chi connectivity index (χ0v) is 41.8. The summed E-state index contributed by atoms with van der Waals surface area (Å²) in [6, 6.07) is 20.5. The van der Waals surface area contributed by atoms with Crippen LogP contribution in [-0.2, 0) is 32.3 Å². The van der Waals surface area contributed by atoms with Gasteiger partial charge in [-0.3, -0.25) is 0 Å². The molecule has 59 heavy (non-hydrogen) atoms. The predicted molar refractivity (Wildman–Crippen MR) is 238 cm³/mol. The van der Waals surface area contributed by atoms with Crippen LogP contribution < -0.4 is 10.2 Å². The Kier molecular flexibility index (Phi) is 41.2. The second-order valence-electron chi connectivity index (χ2n) is 16.4. The summed E-state index contributed by atoms with van der Waals surface area (Å²) in [6.45, 7) is 5.58. The molecule has 2 aromatic carbocycles. The molecule has 0 bridgehead atoms. The van der Waals surface area contributed by atoms with E-state index in [1.54, 1.807) is 0 Å². The van der Waals surface area contributed by atoms with E-state index in [1.165, 1.54) is 36.8 Å². The number of carboxylic acid groups (broad SMARTS) is 2. The molecule has 0 saturated carbocycles. The van der Waals surface area contributed by atoms with Crippen molar-refractivity contribution >= 4 is 60.8 Å². The van der Waals surface area contributed by atoms with E-state index >= 15 is 0 Å². The summed E-state index contributed by atoms with van der Waals surface area (Å²) in [5, 5.41) is 40.9. The molecule has 0 radical (unpaired) electrons. The van der Waals surface area contributed by atoms with E-state index in [4.69, 9.17) is 9.47 Å². The molecule has 0 aliphatic heterocycles. The number of carbonyl (C=O) groups is 2. The van der Waals surface area contributed by atoms with Gasteiger partial charge in [0.2, 0.25) is 0 Å². The summed E-state index contributed by atoms with van der Waals surface area (Å²) in [4.78, 5) is 21.1. The van der Waals surface area contributed by atoms with E-state index in [2.05, 4.69) is 38.1 Å². The molecule has 0 aliphatic rings. The standard InChI is InChI=1S/2C25H42O4.Ba/c2*1-2-3-16-23(26)17-10-4-5-11-18-24(19-12-7-13-20-25(27)28)29-21-22-14-8-6-9-15-22;/h2*6,8-9,14-15,23-24,26H,2-5,7,10-13,16-21H2,1H3,(H,27,28);/q;;+2/p-2. The fourth-order valence-electron chi connectivity index (χ4n) is 7.21. The first-order valence-corrected chi connectivity index (χ1v) is 23.3. The first kappa shape index (κ1) is 57.8. The van der Waals surface area contributed by atoms with Crippen molar-refractivity contribution in [2.75, 3.05) is 0 Å². The van der Waals surface area contributed by atoms with Gasteiger partial charge in [0.15, 0.2) is 0 Å². The maximum absolute atomic E-state index is 10.5. The summed E-state index contributed by atoms with van der Waals surface area (Å²) in [5.74, 6) is -1.91. The molecule has 0 saturated heterocycles. The summed E-state index contributed by atoms with van der Waals surface area (Å²) in [6.07, 6.45) is 27.2. The second kappa shape index (κ2) is 42.1. The number of aliphatic hydroxyl groups excluding tert-OH is 2. The van der Waals surface area contributed by atoms with Crippen molar-refractivity contribution in [2.45, 2.75) is 231 Å². The van der Waals surface area contributed by atoms with Crippen LogP contribution in [0.15, 0.2) is 60.7 Å². The molecule has 2 N–H and O–H groups in total. The summed E-state index contributed by atoms with van der Waals surface area (Å²) in [7, 11) is 0. The maximum atomic E-state index is 10.5. The third-order valence-electron chi connectivity index (χ3n) is 10.9. The molecular formula is C50H82BaO8. The molecule has 9 heteroatoms. The second-order valence-corrected chi connectivity index (χ2v) is 16.4. The average Bonchev–Trinajstić information content (AvgIpc) is 3.22. The van der Waals surface area contributed by atoms with Crippen molar-refractivity contribution in [1.82, 2.24) is 0 Å². The van der Waals surface area contributed by atoms with E-state index in [9.17, 15) is 30.0 Å². The molecule has 8 nitrogen and oxygen atoms in total. The van der Waals surface area contributed by atoms with Crippen LogP contribution in [-0.4, -0.2) is 95.4 Å². The van der Waals surface area contributed by atoms with Gasteiger partial charge in [-0.1, -0.05) is 177 Å². The van der Waals surface area contributed by atoms with Crippen molar-refractivity contribution in [3.63, 3.8) is 0 Å². The van der Waals surface area contributed by atoms with Crippen LogP contribution in [0.5, 0.6) is 0 Å². The monoisotopic (exact) mass is 949 g/mol. The molecule has 0 spiro atoms. The van der Waals surface area contributed by atoms with Gasteiger partial charge >= 0.3 is 48.9 Å². The van der Waals surface area contributed by atoms with Crippen LogP contribution in [0, 0.1) is 0 Å². The van der Waals surface area contributed by atoms with Crippen molar-refractivity contribution in [1.29, 1.82) is 0 Å². The number of carboxylic acids is 2. The number of benzene rings is 2. The van der Waals surface area contributed by atoms with E-state index in [1.807, 2.05) is 36.4 Å². The molecule has 2 rings (SSSR count). The van der Waals surface area contributed by atoms with Crippen LogP contribution in [0.4, 0.5) is 0 Å². The number of hydrogen-bond donors (Lipinski definition) is 2. The molecule has 0 aliphatic carbocycles. The fraction of sp³-hybridized carbons (Fsp3) is 0.720. The van der Waals surface area contributed by atoms with Crippen LogP contribution in [0.1, 0.15) is 205 Å². The fourth-order valence-corrected chi connectivity index (χ4v) is 7.21. The Bertz CT molecular complexity index is 1110. The van der Waals surface area contributed by atoms with Gasteiger partial charge < -0.3 is 39.5 Å². The number of rotatable bonds is 38. The Morgan fingerprint density at radius 2 is 0.746 bits per heavy atom. The third-order valence-corrected chi connectivity index (χ3v) is 10.9. The van der Waals surface area contributed by atoms with Crippen LogP contribution in [0.25, 0.3) is 0 Å². The van der Waals surface area contributed by atoms with Crippen molar-refractivity contribution in [2.24, 2.45) is 0 Å². The van der Waals surface area contributed by atoms with Gasteiger partial charge in [-0.15, -0.1) is 0 Å². The molecular weight excluding hydrogens is 866 g/mol. The Hall–Kier alpha value is -1.21. The topological polar surface area (TPSA) is 139 Å². The largest absolute Gasteiger partial charge is 2.00 e. The minimum atomic E-state index is -0.957. The molecule has 0 amide bonds. The first-order valence-electron chi connectivity index (χ1n) is 23.3. The van der Waals surface area contributed by atoms with Gasteiger partial charge in [-0.2, -0.15) is 0 Å². The van der Waals surface area contributed by atoms with Crippen molar-refractivity contribution in [3.05, 3.63) is 71.8 Å². The molecule has 332 valence electrons. The number of aliphatic hydroxyl groups is 2. The Morgan fingerprint density at radius 1 is 0.458 bits per heavy atom. The van der Waals surface area contributed by atoms with E-state index < -0.39 is 11.9 Å². The van der Waals surface area contributed by atoms with Gasteiger partial charge in [0, 0.05) is 11.9 Å². The normalized spacial score (nSPS) is 13.1. The SMILES string of the molecule is CCCCC(O)CCCCCCC(CCCCCC(=O)[O-])OCc1ccccc1.CCCCC(O)CCCCCCC(CCCCCC(=O)[O-])OCc1ccccc1.[Ba+2]. The van der Waals surface area contributed by atoms with Gasteiger partial charge in [0.25, 0.3) is 0 Å². The average molecular weight is 949 g/mol. The third kappa shape index (κ3) is 38.2. The Balaban J connectivity index is 0.00000112. The van der Waals surface area contributed by atoms with E-state index in [0.29, 0.717) is 26.1 Å². The summed E-state index contributed by atoms with van der Waals surface area (Å²) < 4.78 is 12.4. The maximum Gasteiger partial charge on any atom is 2.00 e. The summed E-state index contributed by atoms with van der Waals surface area (Å²) in [5.41, 5.74) is 2.38. The van der Waals surface area contributed by atoms with Crippen molar-refractivity contribution in [3.8, 4) is 0 Å². The Labute approximate surface area is 400 Å². The smallest absolute Gasteiger partial charge is 0.550 e. The molecule has 0 fully saturated rings. The van der Waals surface area contributed by atoms with Gasteiger partial charge in [-0.25, -0.2) is 0 Å². The minimum absolute atomic E-state index is 0. The molecule has 0 aromatic heterocycles. The summed E-state index contributed by atoms with van der Waals surface area (Å²) >= 11 is 0. The number of hydrogen-bond acceptors (Lipinski definition) is 8. The number of unbranched alkanes of at least 4 members (excludes halogenated alkanes) is 12. The predicted octanol–water partition coefficient (Wildman–Crippen LogP) is 9.95. The van der Waals surface area contributed by atoms with Crippen LogP contribution >= 0.6 is 0 Å². The minimum Gasteiger partial charge on any atom is -0.550 e. The molecule has 4 atom stereocenters.